The first-order chi connectivity index (χ1) is 12.2. The van der Waals surface area contributed by atoms with E-state index >= 15 is 0 Å². The van der Waals surface area contributed by atoms with Gasteiger partial charge >= 0.3 is 0 Å². The summed E-state index contributed by atoms with van der Waals surface area (Å²) in [7, 11) is 3.18. The van der Waals surface area contributed by atoms with Crippen molar-refractivity contribution in [2.24, 2.45) is 0 Å². The fourth-order valence-corrected chi connectivity index (χ4v) is 2.29. The number of benzene rings is 2. The quantitative estimate of drug-likeness (QED) is 0.740. The first-order valence-electron chi connectivity index (χ1n) is 8.04. The van der Waals surface area contributed by atoms with Crippen LogP contribution in [0.15, 0.2) is 48.5 Å². The van der Waals surface area contributed by atoms with Crippen LogP contribution in [-0.4, -0.2) is 26.7 Å². The largest absolute Gasteiger partial charge is 0.497 e. The van der Waals surface area contributed by atoms with E-state index in [1.165, 1.54) is 6.08 Å². The Morgan fingerprint density at radius 3 is 2.64 bits per heavy atom. The van der Waals surface area contributed by atoms with Crippen LogP contribution in [0.3, 0.4) is 0 Å². The van der Waals surface area contributed by atoms with Crippen LogP contribution in [0, 0.1) is 0 Å². The van der Waals surface area contributed by atoms with E-state index in [0.29, 0.717) is 24.7 Å². The zero-order valence-corrected chi connectivity index (χ0v) is 14.7. The van der Waals surface area contributed by atoms with Gasteiger partial charge in [-0.3, -0.25) is 4.79 Å². The molecule has 0 aliphatic heterocycles. The van der Waals surface area contributed by atoms with E-state index in [-0.39, 0.29) is 5.91 Å². The van der Waals surface area contributed by atoms with Crippen molar-refractivity contribution in [1.29, 1.82) is 0 Å². The van der Waals surface area contributed by atoms with Crippen LogP contribution < -0.4 is 14.8 Å². The summed E-state index contributed by atoms with van der Waals surface area (Å²) in [6, 6.07) is 13.0. The summed E-state index contributed by atoms with van der Waals surface area (Å²) in [5, 5.41) is 2.88. The summed E-state index contributed by atoms with van der Waals surface area (Å²) in [6.45, 7) is 3.02. The average molecular weight is 341 g/mol. The molecular weight excluding hydrogens is 318 g/mol. The number of hydrogen-bond acceptors (Lipinski definition) is 4. The lowest BCUT2D eigenvalue weighted by Gasteiger charge is -2.10. The van der Waals surface area contributed by atoms with Gasteiger partial charge in [0.15, 0.2) is 0 Å². The summed E-state index contributed by atoms with van der Waals surface area (Å²) in [5.41, 5.74) is 2.44. The molecule has 1 N–H and O–H groups in total. The van der Waals surface area contributed by atoms with Gasteiger partial charge in [-0.1, -0.05) is 18.2 Å². The Morgan fingerprint density at radius 1 is 1.12 bits per heavy atom. The van der Waals surface area contributed by atoms with Gasteiger partial charge in [-0.2, -0.15) is 0 Å². The summed E-state index contributed by atoms with van der Waals surface area (Å²) < 4.78 is 15.9. The molecule has 0 radical (unpaired) electrons. The van der Waals surface area contributed by atoms with Crippen LogP contribution >= 0.6 is 0 Å². The SMILES string of the molecule is CCOCc1ccccc1NC(=O)C=Cc1cc(OC)ccc1OC. The summed E-state index contributed by atoms with van der Waals surface area (Å²) in [4.78, 5) is 12.3. The average Bonchev–Trinajstić information content (AvgIpc) is 2.65. The highest BCUT2D eigenvalue weighted by Crippen LogP contribution is 2.25. The molecule has 0 heterocycles. The Kier molecular flexibility index (Phi) is 7.04. The zero-order chi connectivity index (χ0) is 18.1. The van der Waals surface area contributed by atoms with E-state index in [9.17, 15) is 4.79 Å². The second kappa shape index (κ2) is 9.49. The molecule has 0 saturated heterocycles. The summed E-state index contributed by atoms with van der Waals surface area (Å²) in [5.74, 6) is 1.14. The van der Waals surface area contributed by atoms with Crippen LogP contribution in [0.25, 0.3) is 6.08 Å². The number of ether oxygens (including phenoxy) is 3. The molecule has 132 valence electrons. The Balaban J connectivity index is 2.11. The molecule has 2 aromatic carbocycles. The number of methoxy groups -OCH3 is 2. The molecule has 1 amide bonds. The first kappa shape index (κ1) is 18.5. The van der Waals surface area contributed by atoms with Crippen LogP contribution in [0.1, 0.15) is 18.1 Å². The van der Waals surface area contributed by atoms with Crippen LogP contribution in [0.4, 0.5) is 5.69 Å². The molecule has 25 heavy (non-hydrogen) atoms. The van der Waals surface area contributed by atoms with Gasteiger partial charge in [0.1, 0.15) is 11.5 Å². The van der Waals surface area contributed by atoms with Gasteiger partial charge < -0.3 is 19.5 Å². The number of hydrogen-bond donors (Lipinski definition) is 1. The van der Waals surface area contributed by atoms with Gasteiger partial charge in [0.2, 0.25) is 5.91 Å². The maximum Gasteiger partial charge on any atom is 0.248 e. The highest BCUT2D eigenvalue weighted by Gasteiger charge is 2.06. The van der Waals surface area contributed by atoms with E-state index in [0.717, 1.165) is 16.8 Å². The minimum Gasteiger partial charge on any atom is -0.497 e. The summed E-state index contributed by atoms with van der Waals surface area (Å²) >= 11 is 0. The monoisotopic (exact) mass is 341 g/mol. The topological polar surface area (TPSA) is 56.8 Å². The summed E-state index contributed by atoms with van der Waals surface area (Å²) in [6.07, 6.45) is 3.16. The molecule has 0 aliphatic carbocycles. The smallest absolute Gasteiger partial charge is 0.248 e. The van der Waals surface area contributed by atoms with Crippen molar-refractivity contribution in [3.63, 3.8) is 0 Å². The van der Waals surface area contributed by atoms with E-state index in [2.05, 4.69) is 5.32 Å². The molecule has 0 fully saturated rings. The highest BCUT2D eigenvalue weighted by atomic mass is 16.5. The fraction of sp³-hybridized carbons (Fsp3) is 0.250. The number of carbonyl (C=O) groups excluding carboxylic acids is 1. The van der Waals surface area contributed by atoms with Crippen LogP contribution in [0.5, 0.6) is 11.5 Å². The van der Waals surface area contributed by atoms with E-state index < -0.39 is 0 Å². The molecule has 0 spiro atoms. The van der Waals surface area contributed by atoms with E-state index in [4.69, 9.17) is 14.2 Å². The van der Waals surface area contributed by atoms with Crippen molar-refractivity contribution in [3.8, 4) is 11.5 Å². The molecule has 5 heteroatoms. The Bertz CT molecular complexity index is 740. The fourth-order valence-electron chi connectivity index (χ4n) is 2.29. The lowest BCUT2D eigenvalue weighted by Crippen LogP contribution is -2.10. The van der Waals surface area contributed by atoms with Crippen molar-refractivity contribution in [2.75, 3.05) is 26.1 Å². The van der Waals surface area contributed by atoms with Gasteiger partial charge in [0.25, 0.3) is 0 Å². The molecule has 0 atom stereocenters. The molecule has 0 unspecified atom stereocenters. The Morgan fingerprint density at radius 2 is 1.92 bits per heavy atom. The van der Waals surface area contributed by atoms with E-state index in [1.807, 2.05) is 37.3 Å². The van der Waals surface area contributed by atoms with E-state index in [1.54, 1.807) is 32.4 Å². The van der Waals surface area contributed by atoms with Crippen molar-refractivity contribution in [2.45, 2.75) is 13.5 Å². The van der Waals surface area contributed by atoms with Gasteiger partial charge in [0.05, 0.1) is 20.8 Å². The van der Waals surface area contributed by atoms with Crippen molar-refractivity contribution >= 4 is 17.7 Å². The molecule has 2 aromatic rings. The molecular formula is C20H23NO4. The predicted octanol–water partition coefficient (Wildman–Crippen LogP) is 3.89. The minimum atomic E-state index is -0.228. The molecule has 2 rings (SSSR count). The highest BCUT2D eigenvalue weighted by molar-refractivity contribution is 6.02. The molecule has 0 bridgehead atoms. The van der Waals surface area contributed by atoms with Crippen LogP contribution in [-0.2, 0) is 16.1 Å². The molecule has 0 aromatic heterocycles. The van der Waals surface area contributed by atoms with Crippen molar-refractivity contribution in [3.05, 3.63) is 59.7 Å². The lowest BCUT2D eigenvalue weighted by atomic mass is 10.1. The lowest BCUT2D eigenvalue weighted by molar-refractivity contribution is -0.111. The minimum absolute atomic E-state index is 0.228. The standard InChI is InChI=1S/C20H23NO4/c1-4-25-14-16-7-5-6-8-18(16)21-20(22)12-9-15-13-17(23-2)10-11-19(15)24-3/h5-13H,4,14H2,1-3H3,(H,21,22). The van der Waals surface area contributed by atoms with Crippen molar-refractivity contribution < 1.29 is 19.0 Å². The third-order valence-electron chi connectivity index (χ3n) is 3.59. The number of nitrogens with one attached hydrogen (secondary N) is 1. The van der Waals surface area contributed by atoms with Gasteiger partial charge in [0, 0.05) is 29.5 Å². The van der Waals surface area contributed by atoms with Gasteiger partial charge in [-0.25, -0.2) is 0 Å². The number of rotatable bonds is 8. The van der Waals surface area contributed by atoms with Gasteiger partial charge in [-0.05, 0) is 37.3 Å². The zero-order valence-electron chi connectivity index (χ0n) is 14.7. The molecule has 0 aliphatic rings. The van der Waals surface area contributed by atoms with Crippen LogP contribution in [0.2, 0.25) is 0 Å². The molecule has 0 saturated carbocycles. The first-order valence-corrected chi connectivity index (χ1v) is 8.04. The second-order valence-corrected chi connectivity index (χ2v) is 5.22. The third-order valence-corrected chi connectivity index (χ3v) is 3.59. The van der Waals surface area contributed by atoms with Crippen molar-refractivity contribution in [1.82, 2.24) is 0 Å². The molecule has 5 nitrogen and oxygen atoms in total. The number of para-hydroxylation sites is 1. The number of anilines is 1. The number of amides is 1. The normalized spacial score (nSPS) is 10.7. The maximum atomic E-state index is 12.3. The maximum absolute atomic E-state index is 12.3. The predicted molar refractivity (Wildman–Crippen MR) is 99.0 cm³/mol. The number of carbonyl (C=O) groups is 1. The third kappa shape index (κ3) is 5.36. The van der Waals surface area contributed by atoms with Gasteiger partial charge in [-0.15, -0.1) is 0 Å². The second-order valence-electron chi connectivity index (χ2n) is 5.22. The Labute approximate surface area is 148 Å². The Hall–Kier alpha value is -2.79.